The lowest BCUT2D eigenvalue weighted by atomic mass is 10.1. The Balaban J connectivity index is 2.79. The van der Waals surface area contributed by atoms with Gasteiger partial charge in [0.15, 0.2) is 0 Å². The zero-order chi connectivity index (χ0) is 14.4. The maximum atomic E-state index is 11.7. The van der Waals surface area contributed by atoms with Crippen molar-refractivity contribution in [1.82, 2.24) is 5.32 Å². The molecule has 1 rings (SSSR count). The second-order valence-corrected chi connectivity index (χ2v) is 4.47. The molecule has 0 saturated heterocycles. The molecule has 0 aliphatic rings. The molecule has 0 aliphatic heterocycles. The quantitative estimate of drug-likeness (QED) is 0.851. The molecule has 0 saturated carbocycles. The van der Waals surface area contributed by atoms with Crippen LogP contribution in [0.2, 0.25) is 0 Å². The van der Waals surface area contributed by atoms with Gasteiger partial charge >= 0.3 is 0 Å². The molecule has 104 valence electrons. The van der Waals surface area contributed by atoms with E-state index in [1.165, 1.54) is 0 Å². The first-order chi connectivity index (χ1) is 8.95. The van der Waals surface area contributed by atoms with Crippen LogP contribution < -0.4 is 10.6 Å². The van der Waals surface area contributed by atoms with Gasteiger partial charge in [-0.05, 0) is 38.5 Å². The van der Waals surface area contributed by atoms with Crippen molar-refractivity contribution >= 4 is 17.5 Å². The van der Waals surface area contributed by atoms with Gasteiger partial charge in [-0.2, -0.15) is 0 Å². The van der Waals surface area contributed by atoms with Gasteiger partial charge in [0.1, 0.15) is 6.61 Å². The fourth-order valence-corrected chi connectivity index (χ4v) is 1.58. The van der Waals surface area contributed by atoms with Gasteiger partial charge in [0.05, 0.1) is 6.10 Å². The van der Waals surface area contributed by atoms with Crippen molar-refractivity contribution in [2.75, 3.05) is 19.0 Å². The highest BCUT2D eigenvalue weighted by Gasteiger charge is 2.12. The van der Waals surface area contributed by atoms with E-state index in [2.05, 4.69) is 10.6 Å². The molecule has 0 spiro atoms. The molecule has 2 N–H and O–H groups in total. The van der Waals surface area contributed by atoms with Crippen LogP contribution >= 0.6 is 0 Å². The summed E-state index contributed by atoms with van der Waals surface area (Å²) in [6.07, 6.45) is 0.00375. The number of anilines is 1. The van der Waals surface area contributed by atoms with Gasteiger partial charge in [0.25, 0.3) is 5.91 Å². The Morgan fingerprint density at radius 2 is 2.00 bits per heavy atom. The standard InChI is InChI=1S/C14H20N2O3/c1-9(2)19-8-13(17)16-12-7-5-6-11(10(12)3)14(18)15-4/h5-7,9H,8H2,1-4H3,(H,15,18)(H,16,17). The third-order valence-corrected chi connectivity index (χ3v) is 2.63. The number of nitrogens with one attached hydrogen (secondary N) is 2. The number of amides is 2. The molecule has 5 heteroatoms. The van der Waals surface area contributed by atoms with Crippen molar-refractivity contribution in [2.24, 2.45) is 0 Å². The summed E-state index contributed by atoms with van der Waals surface area (Å²) in [6, 6.07) is 5.21. The van der Waals surface area contributed by atoms with Crippen molar-refractivity contribution in [3.8, 4) is 0 Å². The molecule has 0 aliphatic carbocycles. The molecule has 0 radical (unpaired) electrons. The van der Waals surface area contributed by atoms with E-state index in [1.807, 2.05) is 13.8 Å². The molecular weight excluding hydrogens is 244 g/mol. The minimum Gasteiger partial charge on any atom is -0.369 e. The molecule has 0 bridgehead atoms. The molecule has 5 nitrogen and oxygen atoms in total. The van der Waals surface area contributed by atoms with E-state index in [4.69, 9.17) is 4.74 Å². The van der Waals surface area contributed by atoms with Gasteiger partial charge < -0.3 is 15.4 Å². The Hall–Kier alpha value is -1.88. The molecular formula is C14H20N2O3. The van der Waals surface area contributed by atoms with Crippen LogP contribution in [0.4, 0.5) is 5.69 Å². The normalized spacial score (nSPS) is 10.4. The monoisotopic (exact) mass is 264 g/mol. The third kappa shape index (κ3) is 4.37. The minimum absolute atomic E-state index is 0.00130. The second kappa shape index (κ2) is 6.89. The largest absolute Gasteiger partial charge is 0.369 e. The van der Waals surface area contributed by atoms with Gasteiger partial charge in [-0.25, -0.2) is 0 Å². The van der Waals surface area contributed by atoms with Gasteiger partial charge in [0, 0.05) is 18.3 Å². The molecule has 1 aromatic carbocycles. The third-order valence-electron chi connectivity index (χ3n) is 2.63. The number of hydrogen-bond donors (Lipinski definition) is 2. The molecule has 0 fully saturated rings. The van der Waals surface area contributed by atoms with E-state index < -0.39 is 0 Å². The van der Waals surface area contributed by atoms with Crippen molar-refractivity contribution < 1.29 is 14.3 Å². The first-order valence-corrected chi connectivity index (χ1v) is 6.18. The van der Waals surface area contributed by atoms with E-state index in [1.54, 1.807) is 32.2 Å². The Morgan fingerprint density at radius 1 is 1.32 bits per heavy atom. The van der Waals surface area contributed by atoms with Crippen molar-refractivity contribution in [1.29, 1.82) is 0 Å². The van der Waals surface area contributed by atoms with Gasteiger partial charge in [-0.1, -0.05) is 6.07 Å². The fourth-order valence-electron chi connectivity index (χ4n) is 1.58. The number of carbonyl (C=O) groups is 2. The van der Waals surface area contributed by atoms with Crippen LogP contribution in [0.3, 0.4) is 0 Å². The number of benzene rings is 1. The minimum atomic E-state index is -0.231. The SMILES string of the molecule is CNC(=O)c1cccc(NC(=O)COC(C)C)c1C. The zero-order valence-corrected chi connectivity index (χ0v) is 11.7. The first kappa shape index (κ1) is 15.2. The number of ether oxygens (including phenoxy) is 1. The summed E-state index contributed by atoms with van der Waals surface area (Å²) in [5.41, 5.74) is 1.91. The van der Waals surface area contributed by atoms with Gasteiger partial charge in [-0.15, -0.1) is 0 Å². The Morgan fingerprint density at radius 3 is 2.58 bits per heavy atom. The van der Waals surface area contributed by atoms with E-state index in [9.17, 15) is 9.59 Å². The lowest BCUT2D eigenvalue weighted by molar-refractivity contribution is -0.121. The highest BCUT2D eigenvalue weighted by atomic mass is 16.5. The maximum absolute atomic E-state index is 11.7. The van der Waals surface area contributed by atoms with Crippen LogP contribution in [-0.2, 0) is 9.53 Å². The summed E-state index contributed by atoms with van der Waals surface area (Å²) in [4.78, 5) is 23.3. The van der Waals surface area contributed by atoms with E-state index in [0.717, 1.165) is 5.56 Å². The molecule has 19 heavy (non-hydrogen) atoms. The van der Waals surface area contributed by atoms with E-state index >= 15 is 0 Å². The van der Waals surface area contributed by atoms with Crippen molar-refractivity contribution in [3.05, 3.63) is 29.3 Å². The van der Waals surface area contributed by atoms with Crippen LogP contribution in [0.5, 0.6) is 0 Å². The van der Waals surface area contributed by atoms with Gasteiger partial charge in [-0.3, -0.25) is 9.59 Å². The van der Waals surface area contributed by atoms with Crippen LogP contribution in [0.1, 0.15) is 29.8 Å². The summed E-state index contributed by atoms with van der Waals surface area (Å²) in [5.74, 6) is -0.405. The lowest BCUT2D eigenvalue weighted by Gasteiger charge is -2.12. The van der Waals surface area contributed by atoms with Gasteiger partial charge in [0.2, 0.25) is 5.91 Å². The van der Waals surface area contributed by atoms with Crippen molar-refractivity contribution in [3.63, 3.8) is 0 Å². The molecule has 0 aromatic heterocycles. The fraction of sp³-hybridized carbons (Fsp3) is 0.429. The lowest BCUT2D eigenvalue weighted by Crippen LogP contribution is -2.23. The predicted octanol–water partition coefficient (Wildman–Crippen LogP) is 1.72. The smallest absolute Gasteiger partial charge is 0.251 e. The summed E-state index contributed by atoms with van der Waals surface area (Å²) in [5, 5.41) is 5.31. The molecule has 1 aromatic rings. The average Bonchev–Trinajstić information content (AvgIpc) is 2.38. The maximum Gasteiger partial charge on any atom is 0.251 e. The van der Waals surface area contributed by atoms with Crippen molar-refractivity contribution in [2.45, 2.75) is 26.9 Å². The van der Waals surface area contributed by atoms with Crippen LogP contribution in [-0.4, -0.2) is 31.6 Å². The van der Waals surface area contributed by atoms with E-state index in [0.29, 0.717) is 11.3 Å². The predicted molar refractivity (Wildman–Crippen MR) is 74.3 cm³/mol. The molecule has 0 atom stereocenters. The zero-order valence-electron chi connectivity index (χ0n) is 11.7. The highest BCUT2D eigenvalue weighted by molar-refractivity contribution is 5.99. The number of rotatable bonds is 5. The summed E-state index contributed by atoms with van der Waals surface area (Å²) in [6.45, 7) is 5.53. The summed E-state index contributed by atoms with van der Waals surface area (Å²) in [7, 11) is 1.57. The average molecular weight is 264 g/mol. The summed E-state index contributed by atoms with van der Waals surface area (Å²) >= 11 is 0. The van der Waals surface area contributed by atoms with Crippen LogP contribution in [0, 0.1) is 6.92 Å². The number of carbonyl (C=O) groups excluding carboxylic acids is 2. The van der Waals surface area contributed by atoms with Crippen LogP contribution in [0.15, 0.2) is 18.2 Å². The Labute approximate surface area is 113 Å². The summed E-state index contributed by atoms with van der Waals surface area (Å²) < 4.78 is 5.22. The van der Waals surface area contributed by atoms with Crippen LogP contribution in [0.25, 0.3) is 0 Å². The molecule has 0 heterocycles. The molecule has 0 unspecified atom stereocenters. The van der Waals surface area contributed by atoms with E-state index in [-0.39, 0.29) is 24.5 Å². The Bertz CT molecular complexity index is 470. The highest BCUT2D eigenvalue weighted by Crippen LogP contribution is 2.18. The topological polar surface area (TPSA) is 67.4 Å². The first-order valence-electron chi connectivity index (χ1n) is 6.18. The second-order valence-electron chi connectivity index (χ2n) is 4.47. The molecule has 2 amide bonds. The Kier molecular flexibility index (Phi) is 5.51. The number of hydrogen-bond acceptors (Lipinski definition) is 3.